The molecular weight excluding hydrogens is 949 g/mol. The number of aliphatic hydroxyl groups is 2. The van der Waals surface area contributed by atoms with Crippen molar-refractivity contribution in [2.75, 3.05) is 13.2 Å². The zero-order valence-corrected chi connectivity index (χ0v) is 46.5. The van der Waals surface area contributed by atoms with Crippen LogP contribution >= 0.6 is 0 Å². The summed E-state index contributed by atoms with van der Waals surface area (Å²) in [6, 6.07) is 0. The summed E-state index contributed by atoms with van der Waals surface area (Å²) in [7, 11) is 0. The molecule has 424 valence electrons. The van der Waals surface area contributed by atoms with Gasteiger partial charge in [0.1, 0.15) is 18.8 Å². The number of carbonyl (C=O) groups is 4. The standard InChI is InChI=1S/C63H100O12/c1-4-7-10-13-16-19-22-25-27-28-30-32-34-37-40-43-46-49-55(64)71-52-54(73-56(65)50-47-44-41-38-35-31-24-21-18-15-12-9-6-3)53-72-63-61(59(68)58(67)60(75-63)62(69)70)74-57(66)51-48-45-42-39-36-33-29-26-23-20-17-14-11-8-5-2/h7-8,10-11,16-17,19-21,24-27,29-30,32,37,40,54,58-61,63,67-68H,4-6,9,12-15,18,22-23,28,31,33-36,38-39,41-53H2,1-3H3,(H,69,70)/b10-7-,11-8-,19-16-,20-17-,24-21-,27-25-,29-26-,32-30-,40-37-. The second-order valence-corrected chi connectivity index (χ2v) is 19.2. The van der Waals surface area contributed by atoms with E-state index < -0.39 is 67.3 Å². The third-order valence-electron chi connectivity index (χ3n) is 12.3. The number of aliphatic carboxylic acids is 1. The van der Waals surface area contributed by atoms with Crippen LogP contribution in [0.2, 0.25) is 0 Å². The molecule has 0 aromatic rings. The van der Waals surface area contributed by atoms with Crippen LogP contribution in [0.25, 0.3) is 0 Å². The average molecular weight is 1050 g/mol. The lowest BCUT2D eigenvalue weighted by atomic mass is 9.98. The summed E-state index contributed by atoms with van der Waals surface area (Å²) in [6.07, 6.45) is 54.9. The number of esters is 3. The highest BCUT2D eigenvalue weighted by Gasteiger charge is 2.50. The van der Waals surface area contributed by atoms with Crippen molar-refractivity contribution >= 4 is 23.9 Å². The molecule has 1 fully saturated rings. The van der Waals surface area contributed by atoms with Crippen molar-refractivity contribution in [3.05, 3.63) is 109 Å². The van der Waals surface area contributed by atoms with Crippen molar-refractivity contribution in [1.29, 1.82) is 0 Å². The molecule has 6 unspecified atom stereocenters. The van der Waals surface area contributed by atoms with E-state index in [1.807, 2.05) is 6.08 Å². The molecule has 75 heavy (non-hydrogen) atoms. The van der Waals surface area contributed by atoms with E-state index in [-0.39, 0.29) is 25.9 Å². The topological polar surface area (TPSA) is 175 Å². The quantitative estimate of drug-likeness (QED) is 0.0228. The van der Waals surface area contributed by atoms with Gasteiger partial charge in [0, 0.05) is 19.3 Å². The third kappa shape index (κ3) is 40.3. The fourth-order valence-corrected chi connectivity index (χ4v) is 7.94. The van der Waals surface area contributed by atoms with Gasteiger partial charge in [-0.2, -0.15) is 0 Å². The van der Waals surface area contributed by atoms with E-state index in [4.69, 9.17) is 23.7 Å². The van der Waals surface area contributed by atoms with Gasteiger partial charge in [0.15, 0.2) is 24.6 Å². The molecule has 1 aliphatic heterocycles. The minimum atomic E-state index is -1.92. The van der Waals surface area contributed by atoms with Gasteiger partial charge in [-0.15, -0.1) is 0 Å². The molecule has 1 saturated heterocycles. The first-order valence-corrected chi connectivity index (χ1v) is 28.9. The zero-order chi connectivity index (χ0) is 54.7. The predicted octanol–water partition coefficient (Wildman–Crippen LogP) is 14.7. The smallest absolute Gasteiger partial charge is 0.335 e. The fourth-order valence-electron chi connectivity index (χ4n) is 7.94. The first kappa shape index (κ1) is 68.4. The molecular formula is C63H100O12. The molecule has 0 amide bonds. The Balaban J connectivity index is 2.76. The maximum atomic E-state index is 13.1. The summed E-state index contributed by atoms with van der Waals surface area (Å²) in [4.78, 5) is 51.1. The van der Waals surface area contributed by atoms with Crippen LogP contribution in [0.4, 0.5) is 0 Å². The Morgan fingerprint density at radius 3 is 1.33 bits per heavy atom. The van der Waals surface area contributed by atoms with Gasteiger partial charge in [0.05, 0.1) is 6.61 Å². The van der Waals surface area contributed by atoms with Crippen LogP contribution in [0.3, 0.4) is 0 Å². The van der Waals surface area contributed by atoms with E-state index in [2.05, 4.69) is 124 Å². The minimum Gasteiger partial charge on any atom is -0.479 e. The molecule has 1 rings (SSSR count). The average Bonchev–Trinajstić information content (AvgIpc) is 3.39. The maximum Gasteiger partial charge on any atom is 0.335 e. The van der Waals surface area contributed by atoms with E-state index in [0.717, 1.165) is 122 Å². The van der Waals surface area contributed by atoms with E-state index in [9.17, 15) is 34.5 Å². The van der Waals surface area contributed by atoms with Crippen molar-refractivity contribution in [1.82, 2.24) is 0 Å². The zero-order valence-electron chi connectivity index (χ0n) is 46.5. The Bertz CT molecular complexity index is 1720. The van der Waals surface area contributed by atoms with Crippen LogP contribution in [0.15, 0.2) is 109 Å². The van der Waals surface area contributed by atoms with Crippen molar-refractivity contribution in [3.8, 4) is 0 Å². The van der Waals surface area contributed by atoms with E-state index in [0.29, 0.717) is 25.7 Å². The Morgan fingerprint density at radius 2 is 0.853 bits per heavy atom. The number of carbonyl (C=O) groups excluding carboxylic acids is 3. The Kier molecular flexibility index (Phi) is 45.8. The fraction of sp³-hybridized carbons (Fsp3) is 0.651. The number of hydrogen-bond acceptors (Lipinski definition) is 11. The predicted molar refractivity (Wildman–Crippen MR) is 303 cm³/mol. The third-order valence-corrected chi connectivity index (χ3v) is 12.3. The largest absolute Gasteiger partial charge is 0.479 e. The van der Waals surface area contributed by atoms with Gasteiger partial charge in [-0.1, -0.05) is 188 Å². The second kappa shape index (κ2) is 50.2. The van der Waals surface area contributed by atoms with Gasteiger partial charge < -0.3 is 39.0 Å². The normalized spacial score (nSPS) is 19.0. The number of rotatable bonds is 47. The molecule has 0 aliphatic carbocycles. The minimum absolute atomic E-state index is 0.0294. The first-order valence-electron chi connectivity index (χ1n) is 28.9. The molecule has 12 nitrogen and oxygen atoms in total. The van der Waals surface area contributed by atoms with Gasteiger partial charge in [-0.25, -0.2) is 4.79 Å². The Labute approximate surface area is 453 Å². The number of aliphatic hydroxyl groups excluding tert-OH is 2. The highest BCUT2D eigenvalue weighted by molar-refractivity contribution is 5.74. The van der Waals surface area contributed by atoms with Gasteiger partial charge >= 0.3 is 23.9 Å². The molecule has 0 aromatic heterocycles. The number of carboxylic acid groups (broad SMARTS) is 1. The molecule has 0 saturated carbocycles. The molecule has 1 heterocycles. The second-order valence-electron chi connectivity index (χ2n) is 19.2. The summed E-state index contributed by atoms with van der Waals surface area (Å²) in [6.45, 7) is 5.67. The Hall–Kier alpha value is -4.62. The highest BCUT2D eigenvalue weighted by atomic mass is 16.7. The van der Waals surface area contributed by atoms with Gasteiger partial charge in [0.2, 0.25) is 0 Å². The summed E-state index contributed by atoms with van der Waals surface area (Å²) in [5, 5.41) is 31.4. The molecule has 12 heteroatoms. The lowest BCUT2D eigenvalue weighted by molar-refractivity contribution is -0.301. The number of carboxylic acids is 1. The number of ether oxygens (including phenoxy) is 5. The number of allylic oxidation sites excluding steroid dienone is 18. The van der Waals surface area contributed by atoms with Crippen LogP contribution in [0.5, 0.6) is 0 Å². The van der Waals surface area contributed by atoms with Crippen molar-refractivity contribution in [2.45, 2.75) is 250 Å². The van der Waals surface area contributed by atoms with Crippen LogP contribution in [0.1, 0.15) is 213 Å². The molecule has 0 aromatic carbocycles. The Morgan fingerprint density at radius 1 is 0.453 bits per heavy atom. The summed E-state index contributed by atoms with van der Waals surface area (Å²) < 4.78 is 28.3. The summed E-state index contributed by atoms with van der Waals surface area (Å²) in [5.74, 6) is -3.25. The van der Waals surface area contributed by atoms with Crippen LogP contribution in [0, 0.1) is 0 Å². The molecule has 0 bridgehead atoms. The summed E-state index contributed by atoms with van der Waals surface area (Å²) >= 11 is 0. The highest BCUT2D eigenvalue weighted by Crippen LogP contribution is 2.26. The molecule has 1 aliphatic rings. The van der Waals surface area contributed by atoms with E-state index >= 15 is 0 Å². The molecule has 6 atom stereocenters. The van der Waals surface area contributed by atoms with Crippen LogP contribution in [-0.4, -0.2) is 89.2 Å². The maximum absolute atomic E-state index is 13.1. The summed E-state index contributed by atoms with van der Waals surface area (Å²) in [5.41, 5.74) is 0. The number of hydrogen-bond donors (Lipinski definition) is 3. The van der Waals surface area contributed by atoms with Gasteiger partial charge in [-0.3, -0.25) is 14.4 Å². The first-order chi connectivity index (χ1) is 36.6. The monoisotopic (exact) mass is 1050 g/mol. The lowest BCUT2D eigenvalue weighted by Crippen LogP contribution is -2.61. The molecule has 0 radical (unpaired) electrons. The van der Waals surface area contributed by atoms with Crippen LogP contribution in [-0.2, 0) is 42.9 Å². The lowest BCUT2D eigenvalue weighted by Gasteiger charge is -2.40. The van der Waals surface area contributed by atoms with Crippen LogP contribution < -0.4 is 0 Å². The molecule has 3 N–H and O–H groups in total. The van der Waals surface area contributed by atoms with Gasteiger partial charge in [0.25, 0.3) is 0 Å². The van der Waals surface area contributed by atoms with Crippen molar-refractivity contribution < 1.29 is 58.2 Å². The van der Waals surface area contributed by atoms with Crippen molar-refractivity contribution in [2.24, 2.45) is 0 Å². The molecule has 0 spiro atoms. The SMILES string of the molecule is CC/C=C\C/C=C\C/C=C\C/C=C\C/C=C\CCCC(=O)OCC(COC1OC(C(=O)O)C(O)C(O)C1OC(=O)CCCCCCC/C=C\C/C=C\C/C=C\CC)OC(=O)CCCCCCC/C=C\CCCCCC. The van der Waals surface area contributed by atoms with E-state index in [1.165, 1.54) is 25.7 Å². The number of unbranched alkanes of at least 4 members (excludes halogenated alkanes) is 15. The van der Waals surface area contributed by atoms with E-state index in [1.54, 1.807) is 0 Å². The van der Waals surface area contributed by atoms with Gasteiger partial charge in [-0.05, 0) is 116 Å². The van der Waals surface area contributed by atoms with Crippen molar-refractivity contribution in [3.63, 3.8) is 0 Å².